The molecule has 0 spiro atoms. The standard InChI is InChI=1S/C18H18FNO4/c1-9-12-6-11(19)4-5-15(12)24-16(9)17(21)20-7-13(10-2-3-10)14(8-20)18(22)23/h4-6,10,13-14H,2-3,7-8H2,1H3,(H,22,23)/t13-,14+/m1/s1. The first-order valence-corrected chi connectivity index (χ1v) is 8.16. The summed E-state index contributed by atoms with van der Waals surface area (Å²) < 4.78 is 19.0. The van der Waals surface area contributed by atoms with Crippen LogP contribution in [0.25, 0.3) is 11.0 Å². The van der Waals surface area contributed by atoms with Crippen LogP contribution in [0.5, 0.6) is 0 Å². The lowest BCUT2D eigenvalue weighted by Crippen LogP contribution is -2.30. The highest BCUT2D eigenvalue weighted by Crippen LogP contribution is 2.44. The molecule has 126 valence electrons. The SMILES string of the molecule is Cc1c(C(=O)N2C[C@H](C(=O)O)[C@@H](C3CC3)C2)oc2ccc(F)cc12. The zero-order valence-corrected chi connectivity index (χ0v) is 13.3. The van der Waals surface area contributed by atoms with Gasteiger partial charge < -0.3 is 14.4 Å². The Morgan fingerprint density at radius 2 is 2.04 bits per heavy atom. The summed E-state index contributed by atoms with van der Waals surface area (Å²) in [7, 11) is 0. The summed E-state index contributed by atoms with van der Waals surface area (Å²) in [6.07, 6.45) is 2.08. The highest BCUT2D eigenvalue weighted by atomic mass is 19.1. The molecule has 1 aromatic carbocycles. The number of benzene rings is 1. The molecule has 2 atom stereocenters. The Labute approximate surface area is 138 Å². The summed E-state index contributed by atoms with van der Waals surface area (Å²) in [5.74, 6) is -1.43. The van der Waals surface area contributed by atoms with Crippen molar-refractivity contribution in [2.75, 3.05) is 13.1 Å². The van der Waals surface area contributed by atoms with Crippen LogP contribution in [-0.4, -0.2) is 35.0 Å². The molecule has 24 heavy (non-hydrogen) atoms. The Kier molecular flexibility index (Phi) is 3.37. The molecule has 1 aliphatic heterocycles. The highest BCUT2D eigenvalue weighted by Gasteiger charge is 2.47. The molecule has 2 aliphatic rings. The summed E-state index contributed by atoms with van der Waals surface area (Å²) in [6, 6.07) is 4.15. The van der Waals surface area contributed by atoms with E-state index in [1.54, 1.807) is 11.8 Å². The van der Waals surface area contributed by atoms with Crippen molar-refractivity contribution in [2.24, 2.45) is 17.8 Å². The average Bonchev–Trinajstić information content (AvgIpc) is 3.21. The molecule has 2 fully saturated rings. The van der Waals surface area contributed by atoms with E-state index < -0.39 is 11.9 Å². The molecule has 0 radical (unpaired) electrons. The Bertz CT molecular complexity index is 839. The Hall–Kier alpha value is -2.37. The molecule has 1 saturated carbocycles. The van der Waals surface area contributed by atoms with Crippen LogP contribution >= 0.6 is 0 Å². The van der Waals surface area contributed by atoms with Gasteiger partial charge in [0.1, 0.15) is 11.4 Å². The number of fused-ring (bicyclic) bond motifs is 1. The van der Waals surface area contributed by atoms with Gasteiger partial charge in [0.15, 0.2) is 5.76 Å². The zero-order valence-electron chi connectivity index (χ0n) is 13.3. The topological polar surface area (TPSA) is 70.8 Å². The van der Waals surface area contributed by atoms with Gasteiger partial charge >= 0.3 is 5.97 Å². The second kappa shape index (κ2) is 5.33. The minimum Gasteiger partial charge on any atom is -0.481 e. The summed E-state index contributed by atoms with van der Waals surface area (Å²) in [5, 5.41) is 10.0. The predicted molar refractivity (Wildman–Crippen MR) is 84.2 cm³/mol. The smallest absolute Gasteiger partial charge is 0.308 e. The van der Waals surface area contributed by atoms with Crippen molar-refractivity contribution in [3.05, 3.63) is 35.3 Å². The molecule has 1 saturated heterocycles. The van der Waals surface area contributed by atoms with E-state index >= 15 is 0 Å². The van der Waals surface area contributed by atoms with Crippen LogP contribution in [0.2, 0.25) is 0 Å². The van der Waals surface area contributed by atoms with Gasteiger partial charge in [-0.3, -0.25) is 9.59 Å². The van der Waals surface area contributed by atoms with E-state index in [2.05, 4.69) is 0 Å². The minimum absolute atomic E-state index is 0.0218. The predicted octanol–water partition coefficient (Wildman–Crippen LogP) is 3.06. The molecule has 2 heterocycles. The molecule has 1 aliphatic carbocycles. The summed E-state index contributed by atoms with van der Waals surface area (Å²) >= 11 is 0. The second-order valence-electron chi connectivity index (χ2n) is 6.85. The van der Waals surface area contributed by atoms with Crippen molar-refractivity contribution in [1.82, 2.24) is 4.90 Å². The number of aryl methyl sites for hydroxylation is 1. The van der Waals surface area contributed by atoms with Crippen LogP contribution in [-0.2, 0) is 4.79 Å². The van der Waals surface area contributed by atoms with Gasteiger partial charge in [-0.15, -0.1) is 0 Å². The molecular formula is C18H18FNO4. The van der Waals surface area contributed by atoms with E-state index in [4.69, 9.17) is 4.42 Å². The van der Waals surface area contributed by atoms with Crippen molar-refractivity contribution < 1.29 is 23.5 Å². The number of carbonyl (C=O) groups is 2. The van der Waals surface area contributed by atoms with Crippen LogP contribution in [0, 0.1) is 30.5 Å². The lowest BCUT2D eigenvalue weighted by Gasteiger charge is -2.15. The number of hydrogen-bond donors (Lipinski definition) is 1. The molecule has 0 bridgehead atoms. The molecule has 0 unspecified atom stereocenters. The lowest BCUT2D eigenvalue weighted by atomic mass is 9.92. The Morgan fingerprint density at radius 1 is 1.29 bits per heavy atom. The third-order valence-electron chi connectivity index (χ3n) is 5.29. The fourth-order valence-electron chi connectivity index (χ4n) is 3.80. The van der Waals surface area contributed by atoms with Gasteiger partial charge in [-0.1, -0.05) is 0 Å². The fraction of sp³-hybridized carbons (Fsp3) is 0.444. The Morgan fingerprint density at radius 3 is 2.71 bits per heavy atom. The first kappa shape index (κ1) is 15.2. The summed E-state index contributed by atoms with van der Waals surface area (Å²) in [4.78, 5) is 25.9. The summed E-state index contributed by atoms with van der Waals surface area (Å²) in [5.41, 5.74) is 1.06. The van der Waals surface area contributed by atoms with Crippen molar-refractivity contribution in [3.8, 4) is 0 Å². The van der Waals surface area contributed by atoms with Crippen LogP contribution < -0.4 is 0 Å². The van der Waals surface area contributed by atoms with Crippen molar-refractivity contribution in [3.63, 3.8) is 0 Å². The average molecular weight is 331 g/mol. The maximum atomic E-state index is 13.4. The number of carbonyl (C=O) groups excluding carboxylic acids is 1. The van der Waals surface area contributed by atoms with Crippen LogP contribution in [0.15, 0.2) is 22.6 Å². The summed E-state index contributed by atoms with van der Waals surface area (Å²) in [6.45, 7) is 2.38. The van der Waals surface area contributed by atoms with Gasteiger partial charge in [-0.25, -0.2) is 4.39 Å². The number of carboxylic acid groups (broad SMARTS) is 1. The number of aliphatic carboxylic acids is 1. The monoisotopic (exact) mass is 331 g/mol. The molecule has 1 aromatic heterocycles. The first-order valence-electron chi connectivity index (χ1n) is 8.16. The number of hydrogen-bond acceptors (Lipinski definition) is 3. The van der Waals surface area contributed by atoms with Crippen molar-refractivity contribution in [2.45, 2.75) is 19.8 Å². The largest absolute Gasteiger partial charge is 0.481 e. The number of nitrogens with zero attached hydrogens (tertiary/aromatic N) is 1. The zero-order chi connectivity index (χ0) is 17.0. The Balaban J connectivity index is 1.64. The number of carboxylic acids is 1. The second-order valence-corrected chi connectivity index (χ2v) is 6.85. The third-order valence-corrected chi connectivity index (χ3v) is 5.29. The van der Waals surface area contributed by atoms with Crippen LogP contribution in [0.1, 0.15) is 29.0 Å². The quantitative estimate of drug-likeness (QED) is 0.938. The van der Waals surface area contributed by atoms with E-state index in [-0.39, 0.29) is 29.9 Å². The molecule has 5 nitrogen and oxygen atoms in total. The van der Waals surface area contributed by atoms with Gasteiger partial charge in [-0.2, -0.15) is 0 Å². The molecule has 1 amide bonds. The van der Waals surface area contributed by atoms with Crippen molar-refractivity contribution >= 4 is 22.8 Å². The van der Waals surface area contributed by atoms with E-state index in [0.29, 0.717) is 29.0 Å². The van der Waals surface area contributed by atoms with Gasteiger partial charge in [0.25, 0.3) is 5.91 Å². The van der Waals surface area contributed by atoms with Crippen LogP contribution in [0.3, 0.4) is 0 Å². The molecule has 4 rings (SSSR count). The third kappa shape index (κ3) is 2.37. The number of amides is 1. The number of likely N-dealkylation sites (tertiary alicyclic amines) is 1. The van der Waals surface area contributed by atoms with E-state index in [9.17, 15) is 19.1 Å². The van der Waals surface area contributed by atoms with Crippen molar-refractivity contribution in [1.29, 1.82) is 0 Å². The van der Waals surface area contributed by atoms with E-state index in [0.717, 1.165) is 12.8 Å². The van der Waals surface area contributed by atoms with Gasteiger partial charge in [0.05, 0.1) is 5.92 Å². The highest BCUT2D eigenvalue weighted by molar-refractivity contribution is 5.99. The number of furan rings is 1. The van der Waals surface area contributed by atoms with Crippen LogP contribution in [0.4, 0.5) is 4.39 Å². The van der Waals surface area contributed by atoms with E-state index in [1.807, 2.05) is 0 Å². The van der Waals surface area contributed by atoms with Gasteiger partial charge in [0, 0.05) is 24.0 Å². The molecular weight excluding hydrogens is 313 g/mol. The maximum absolute atomic E-state index is 13.4. The molecule has 1 N–H and O–H groups in total. The first-order chi connectivity index (χ1) is 11.5. The van der Waals surface area contributed by atoms with Gasteiger partial charge in [-0.05, 0) is 49.8 Å². The maximum Gasteiger partial charge on any atom is 0.308 e. The fourth-order valence-corrected chi connectivity index (χ4v) is 3.80. The van der Waals surface area contributed by atoms with Gasteiger partial charge in [0.2, 0.25) is 0 Å². The number of rotatable bonds is 3. The normalized spacial score (nSPS) is 23.8. The lowest BCUT2D eigenvalue weighted by molar-refractivity contribution is -0.142. The van der Waals surface area contributed by atoms with E-state index in [1.165, 1.54) is 18.2 Å². The molecule has 2 aromatic rings. The molecule has 6 heteroatoms. The number of halogens is 1. The minimum atomic E-state index is -0.842.